The van der Waals surface area contributed by atoms with Crippen LogP contribution < -0.4 is 5.32 Å². The van der Waals surface area contributed by atoms with Gasteiger partial charge in [-0.2, -0.15) is 0 Å². The number of amides is 2. The highest BCUT2D eigenvalue weighted by atomic mass is 32.1. The minimum Gasteiger partial charge on any atom is -0.356 e. The number of aryl methyl sites for hydroxylation is 2. The summed E-state index contributed by atoms with van der Waals surface area (Å²) < 4.78 is 0. The van der Waals surface area contributed by atoms with E-state index in [-0.39, 0.29) is 24.2 Å². The third-order valence-corrected chi connectivity index (χ3v) is 5.24. The third-order valence-electron chi connectivity index (χ3n) is 4.21. The van der Waals surface area contributed by atoms with Crippen LogP contribution in [0.5, 0.6) is 0 Å². The fraction of sp³-hybridized carbons (Fsp3) is 0.444. The number of nitrogens with one attached hydrogen (secondary N) is 1. The van der Waals surface area contributed by atoms with Crippen molar-refractivity contribution >= 4 is 23.2 Å². The molecule has 0 radical (unpaired) electrons. The van der Waals surface area contributed by atoms with Crippen LogP contribution in [0.1, 0.15) is 29.1 Å². The van der Waals surface area contributed by atoms with E-state index in [1.165, 1.54) is 0 Å². The molecule has 0 spiro atoms. The minimum absolute atomic E-state index is 0.0299. The minimum atomic E-state index is -0.258. The van der Waals surface area contributed by atoms with Crippen molar-refractivity contribution < 1.29 is 9.59 Å². The Labute approximate surface area is 151 Å². The molecule has 6 nitrogen and oxygen atoms in total. The number of likely N-dealkylation sites (tertiary alicyclic amines) is 1. The van der Waals surface area contributed by atoms with Gasteiger partial charge in [0.25, 0.3) is 0 Å². The van der Waals surface area contributed by atoms with Crippen molar-refractivity contribution in [1.82, 2.24) is 20.2 Å². The lowest BCUT2D eigenvalue weighted by atomic mass is 10.1. The first-order valence-corrected chi connectivity index (χ1v) is 9.35. The standard InChI is InChI=1S/C18H22N4O2S/c1-13-12-25-16(21-13)5-3-7-20-18(24)15-8-17(23)22(11-15)10-14-4-2-6-19-9-14/h2,4,6,9,12,15H,3,5,7-8,10-11H2,1H3,(H,20,24). The summed E-state index contributed by atoms with van der Waals surface area (Å²) in [6, 6.07) is 3.79. The van der Waals surface area contributed by atoms with Gasteiger partial charge in [-0.05, 0) is 25.0 Å². The average Bonchev–Trinajstić information content (AvgIpc) is 3.18. The second-order valence-corrected chi connectivity index (χ2v) is 7.26. The number of rotatable bonds is 7. The molecule has 2 amide bonds. The summed E-state index contributed by atoms with van der Waals surface area (Å²) in [6.07, 6.45) is 5.48. The van der Waals surface area contributed by atoms with Crippen LogP contribution in [0.4, 0.5) is 0 Å². The van der Waals surface area contributed by atoms with Crippen LogP contribution in [-0.4, -0.2) is 39.8 Å². The van der Waals surface area contributed by atoms with Gasteiger partial charge in [-0.3, -0.25) is 14.6 Å². The van der Waals surface area contributed by atoms with Crippen LogP contribution in [-0.2, 0) is 22.6 Å². The van der Waals surface area contributed by atoms with Gasteiger partial charge in [0.2, 0.25) is 11.8 Å². The van der Waals surface area contributed by atoms with Crippen molar-refractivity contribution in [3.63, 3.8) is 0 Å². The molecule has 1 N–H and O–H groups in total. The molecule has 25 heavy (non-hydrogen) atoms. The molecule has 1 atom stereocenters. The maximum Gasteiger partial charge on any atom is 0.225 e. The van der Waals surface area contributed by atoms with Crippen molar-refractivity contribution in [2.75, 3.05) is 13.1 Å². The Bertz CT molecular complexity index is 732. The zero-order valence-corrected chi connectivity index (χ0v) is 15.1. The molecule has 7 heteroatoms. The van der Waals surface area contributed by atoms with Crippen LogP contribution in [0.2, 0.25) is 0 Å². The Kier molecular flexibility index (Phi) is 5.75. The molecule has 0 bridgehead atoms. The predicted octanol–water partition coefficient (Wildman–Crippen LogP) is 1.94. The Morgan fingerprint density at radius 2 is 2.36 bits per heavy atom. The number of hydrogen-bond acceptors (Lipinski definition) is 5. The van der Waals surface area contributed by atoms with Gasteiger partial charge in [0.15, 0.2) is 0 Å². The molecule has 1 fully saturated rings. The topological polar surface area (TPSA) is 75.2 Å². The second kappa shape index (κ2) is 8.20. The molecule has 0 saturated carbocycles. The number of hydrogen-bond donors (Lipinski definition) is 1. The molecule has 2 aromatic heterocycles. The van der Waals surface area contributed by atoms with Crippen LogP contribution in [0.3, 0.4) is 0 Å². The van der Waals surface area contributed by atoms with Crippen molar-refractivity contribution in [3.8, 4) is 0 Å². The first-order chi connectivity index (χ1) is 12.1. The summed E-state index contributed by atoms with van der Waals surface area (Å²) in [5.41, 5.74) is 2.03. The Balaban J connectivity index is 1.41. The molecule has 1 aliphatic heterocycles. The summed E-state index contributed by atoms with van der Waals surface area (Å²) in [5.74, 6) is -0.258. The largest absolute Gasteiger partial charge is 0.356 e. The monoisotopic (exact) mass is 358 g/mol. The lowest BCUT2D eigenvalue weighted by molar-refractivity contribution is -0.129. The molecular formula is C18H22N4O2S. The van der Waals surface area contributed by atoms with E-state index in [1.54, 1.807) is 28.6 Å². The van der Waals surface area contributed by atoms with Gasteiger partial charge in [-0.25, -0.2) is 4.98 Å². The van der Waals surface area contributed by atoms with Gasteiger partial charge >= 0.3 is 0 Å². The van der Waals surface area contributed by atoms with E-state index in [4.69, 9.17) is 0 Å². The van der Waals surface area contributed by atoms with E-state index in [0.717, 1.165) is 29.1 Å². The Hall–Kier alpha value is -2.28. The van der Waals surface area contributed by atoms with E-state index in [1.807, 2.05) is 24.4 Å². The van der Waals surface area contributed by atoms with Crippen molar-refractivity contribution in [2.24, 2.45) is 5.92 Å². The fourth-order valence-corrected chi connectivity index (χ4v) is 3.74. The average molecular weight is 358 g/mol. The van der Waals surface area contributed by atoms with E-state index in [0.29, 0.717) is 19.6 Å². The highest BCUT2D eigenvalue weighted by Gasteiger charge is 2.33. The van der Waals surface area contributed by atoms with Gasteiger partial charge in [-0.15, -0.1) is 11.3 Å². The number of nitrogens with zero attached hydrogens (tertiary/aromatic N) is 3. The van der Waals surface area contributed by atoms with Crippen LogP contribution in [0.15, 0.2) is 29.9 Å². The normalized spacial score (nSPS) is 17.1. The Morgan fingerprint density at radius 3 is 3.08 bits per heavy atom. The smallest absolute Gasteiger partial charge is 0.225 e. The van der Waals surface area contributed by atoms with E-state index in [2.05, 4.69) is 15.3 Å². The summed E-state index contributed by atoms with van der Waals surface area (Å²) in [5, 5.41) is 6.09. The summed E-state index contributed by atoms with van der Waals surface area (Å²) >= 11 is 1.65. The number of thiazole rings is 1. The highest BCUT2D eigenvalue weighted by molar-refractivity contribution is 7.09. The zero-order chi connectivity index (χ0) is 17.6. The first-order valence-electron chi connectivity index (χ1n) is 8.47. The summed E-state index contributed by atoms with van der Waals surface area (Å²) in [4.78, 5) is 34.6. The lowest BCUT2D eigenvalue weighted by Crippen LogP contribution is -2.33. The zero-order valence-electron chi connectivity index (χ0n) is 14.3. The summed E-state index contributed by atoms with van der Waals surface area (Å²) in [7, 11) is 0. The highest BCUT2D eigenvalue weighted by Crippen LogP contribution is 2.20. The fourth-order valence-electron chi connectivity index (χ4n) is 2.93. The third kappa shape index (κ3) is 4.85. The van der Waals surface area contributed by atoms with Gasteiger partial charge in [0.05, 0.1) is 10.9 Å². The Morgan fingerprint density at radius 1 is 1.48 bits per heavy atom. The van der Waals surface area contributed by atoms with Crippen LogP contribution in [0, 0.1) is 12.8 Å². The van der Waals surface area contributed by atoms with Crippen LogP contribution >= 0.6 is 11.3 Å². The first kappa shape index (κ1) is 17.5. The molecule has 0 aliphatic carbocycles. The molecule has 0 aromatic carbocycles. The van der Waals surface area contributed by atoms with Crippen molar-refractivity contribution in [1.29, 1.82) is 0 Å². The number of carbonyl (C=O) groups excluding carboxylic acids is 2. The number of aromatic nitrogens is 2. The molecule has 3 rings (SSSR count). The molecule has 3 heterocycles. The van der Waals surface area contributed by atoms with Crippen molar-refractivity contribution in [2.45, 2.75) is 32.7 Å². The molecule has 132 valence electrons. The van der Waals surface area contributed by atoms with Crippen LogP contribution in [0.25, 0.3) is 0 Å². The molecule has 1 unspecified atom stereocenters. The predicted molar refractivity (Wildman–Crippen MR) is 95.9 cm³/mol. The molecule has 2 aromatic rings. The molecule has 1 aliphatic rings. The molecule has 1 saturated heterocycles. The maximum absolute atomic E-state index is 12.3. The van der Waals surface area contributed by atoms with E-state index in [9.17, 15) is 9.59 Å². The lowest BCUT2D eigenvalue weighted by Gasteiger charge is -2.16. The van der Waals surface area contributed by atoms with E-state index >= 15 is 0 Å². The van der Waals surface area contributed by atoms with E-state index < -0.39 is 0 Å². The van der Waals surface area contributed by atoms with Gasteiger partial charge in [0, 0.05) is 55.9 Å². The molecular weight excluding hydrogens is 336 g/mol. The number of carbonyl (C=O) groups is 2. The number of pyridine rings is 1. The van der Waals surface area contributed by atoms with Gasteiger partial charge in [0.1, 0.15) is 0 Å². The SMILES string of the molecule is Cc1csc(CCCNC(=O)C2CC(=O)N(Cc3cccnc3)C2)n1. The van der Waals surface area contributed by atoms with Crippen molar-refractivity contribution in [3.05, 3.63) is 46.2 Å². The second-order valence-electron chi connectivity index (χ2n) is 6.31. The van der Waals surface area contributed by atoms with Gasteiger partial charge in [-0.1, -0.05) is 6.07 Å². The quantitative estimate of drug-likeness (QED) is 0.768. The maximum atomic E-state index is 12.3. The van der Waals surface area contributed by atoms with Gasteiger partial charge < -0.3 is 10.2 Å². The summed E-state index contributed by atoms with van der Waals surface area (Å²) in [6.45, 7) is 3.59.